The van der Waals surface area contributed by atoms with E-state index in [4.69, 9.17) is 10.9 Å². The molecule has 84 valence electrons. The molecule has 0 radical (unpaired) electrons. The van der Waals surface area contributed by atoms with E-state index in [2.05, 4.69) is 11.9 Å². The van der Waals surface area contributed by atoms with Crippen LogP contribution < -0.4 is 10.9 Å². The third kappa shape index (κ3) is 4.85. The smallest absolute Gasteiger partial charge is 0.0864 e. The molecule has 4 heteroatoms. The summed E-state index contributed by atoms with van der Waals surface area (Å²) in [6, 6.07) is 3.92. The van der Waals surface area contributed by atoms with Gasteiger partial charge in [0.05, 0.1) is 11.4 Å². The number of nitrogens with two attached hydrogens (primary N) is 2. The highest BCUT2D eigenvalue weighted by Gasteiger charge is 1.97. The SMILES string of the molecule is CC.CCc1ccc(/C(N)=C/SN)nc1. The van der Waals surface area contributed by atoms with Gasteiger partial charge >= 0.3 is 0 Å². The first-order valence-corrected chi connectivity index (χ1v) is 5.98. The summed E-state index contributed by atoms with van der Waals surface area (Å²) in [5.41, 5.74) is 8.28. The molecule has 0 aliphatic rings. The molecule has 0 spiro atoms. The quantitative estimate of drug-likeness (QED) is 0.776. The van der Waals surface area contributed by atoms with E-state index >= 15 is 0 Å². The van der Waals surface area contributed by atoms with Crippen LogP contribution in [0, 0.1) is 0 Å². The van der Waals surface area contributed by atoms with E-state index in [1.54, 1.807) is 5.41 Å². The lowest BCUT2D eigenvalue weighted by Gasteiger charge is -2.00. The van der Waals surface area contributed by atoms with E-state index in [0.717, 1.165) is 24.1 Å². The van der Waals surface area contributed by atoms with Crippen LogP contribution in [-0.2, 0) is 6.42 Å². The van der Waals surface area contributed by atoms with Crippen molar-refractivity contribution in [1.29, 1.82) is 0 Å². The van der Waals surface area contributed by atoms with Crippen molar-refractivity contribution < 1.29 is 0 Å². The van der Waals surface area contributed by atoms with Gasteiger partial charge in [-0.25, -0.2) is 0 Å². The number of pyridine rings is 1. The van der Waals surface area contributed by atoms with Crippen molar-refractivity contribution in [3.05, 3.63) is 35.0 Å². The predicted molar refractivity (Wildman–Crippen MR) is 68.9 cm³/mol. The lowest BCUT2D eigenvalue weighted by molar-refractivity contribution is 1.09. The van der Waals surface area contributed by atoms with Gasteiger partial charge in [-0.3, -0.25) is 10.1 Å². The van der Waals surface area contributed by atoms with Crippen molar-refractivity contribution >= 4 is 17.6 Å². The summed E-state index contributed by atoms with van der Waals surface area (Å²) >= 11 is 1.09. The van der Waals surface area contributed by atoms with Crippen molar-refractivity contribution in [1.82, 2.24) is 4.98 Å². The molecule has 1 aromatic rings. The molecule has 0 aliphatic carbocycles. The molecule has 0 unspecified atom stereocenters. The Kier molecular flexibility index (Phi) is 7.77. The standard InChI is InChI=1S/C9H13N3S.C2H6/c1-2-7-3-4-9(12-5-7)8(10)6-13-11;1-2/h3-6H,2,10-11H2,1H3;1-2H3/b8-6-;. The lowest BCUT2D eigenvalue weighted by Crippen LogP contribution is -1.99. The van der Waals surface area contributed by atoms with Gasteiger partial charge in [0, 0.05) is 11.6 Å². The fourth-order valence-corrected chi connectivity index (χ4v) is 1.21. The van der Waals surface area contributed by atoms with Crippen molar-refractivity contribution in [3.8, 4) is 0 Å². The molecule has 3 nitrogen and oxygen atoms in total. The van der Waals surface area contributed by atoms with E-state index in [1.807, 2.05) is 32.2 Å². The lowest BCUT2D eigenvalue weighted by atomic mass is 10.2. The van der Waals surface area contributed by atoms with Gasteiger partial charge in [-0.1, -0.05) is 38.8 Å². The largest absolute Gasteiger partial charge is 0.397 e. The average molecular weight is 225 g/mol. The molecule has 15 heavy (non-hydrogen) atoms. The van der Waals surface area contributed by atoms with E-state index in [0.29, 0.717) is 5.70 Å². The Balaban J connectivity index is 0.000000921. The maximum absolute atomic E-state index is 5.69. The Bertz CT molecular complexity index is 293. The third-order valence-electron chi connectivity index (χ3n) is 1.72. The summed E-state index contributed by atoms with van der Waals surface area (Å²) in [5, 5.41) is 6.93. The second kappa shape index (κ2) is 8.32. The molecule has 0 saturated heterocycles. The average Bonchev–Trinajstić information content (AvgIpc) is 2.32. The summed E-state index contributed by atoms with van der Waals surface area (Å²) in [7, 11) is 0. The summed E-state index contributed by atoms with van der Waals surface area (Å²) < 4.78 is 0. The minimum absolute atomic E-state index is 0.607. The fraction of sp³-hybridized carbons (Fsp3) is 0.364. The van der Waals surface area contributed by atoms with Crippen LogP contribution in [0.2, 0.25) is 0 Å². The fourth-order valence-electron chi connectivity index (χ4n) is 0.938. The van der Waals surface area contributed by atoms with Crippen LogP contribution in [0.5, 0.6) is 0 Å². The van der Waals surface area contributed by atoms with Gasteiger partial charge in [0.25, 0.3) is 0 Å². The Morgan fingerprint density at radius 2 is 2.13 bits per heavy atom. The zero-order valence-corrected chi connectivity index (χ0v) is 10.3. The van der Waals surface area contributed by atoms with E-state index in [9.17, 15) is 0 Å². The van der Waals surface area contributed by atoms with E-state index < -0.39 is 0 Å². The second-order valence-electron chi connectivity index (χ2n) is 2.61. The first-order chi connectivity index (χ1) is 7.27. The minimum Gasteiger partial charge on any atom is -0.397 e. The number of aryl methyl sites for hydroxylation is 1. The van der Waals surface area contributed by atoms with Crippen molar-refractivity contribution in [2.75, 3.05) is 0 Å². The molecule has 0 fully saturated rings. The first kappa shape index (κ1) is 14.0. The van der Waals surface area contributed by atoms with Gasteiger partial charge in [-0.05, 0) is 18.1 Å². The second-order valence-corrected chi connectivity index (χ2v) is 3.12. The van der Waals surface area contributed by atoms with E-state index in [1.165, 1.54) is 5.56 Å². The maximum atomic E-state index is 5.69. The van der Waals surface area contributed by atoms with E-state index in [-0.39, 0.29) is 0 Å². The van der Waals surface area contributed by atoms with Crippen LogP contribution in [-0.4, -0.2) is 4.98 Å². The first-order valence-electron chi connectivity index (χ1n) is 5.04. The van der Waals surface area contributed by atoms with Crippen molar-refractivity contribution in [3.63, 3.8) is 0 Å². The van der Waals surface area contributed by atoms with Gasteiger partial charge in [0.1, 0.15) is 0 Å². The Labute approximate surface area is 96.1 Å². The predicted octanol–water partition coefficient (Wildman–Crippen LogP) is 2.53. The van der Waals surface area contributed by atoms with Gasteiger partial charge in [0.2, 0.25) is 0 Å². The summed E-state index contributed by atoms with van der Waals surface area (Å²) in [5.74, 6) is 0. The van der Waals surface area contributed by atoms with Crippen LogP contribution in [0.3, 0.4) is 0 Å². The molecule has 1 rings (SSSR count). The topological polar surface area (TPSA) is 64.9 Å². The molecule has 0 atom stereocenters. The number of aromatic nitrogens is 1. The van der Waals surface area contributed by atoms with Crippen LogP contribution >= 0.6 is 11.9 Å². The zero-order chi connectivity index (χ0) is 11.7. The molecule has 0 aliphatic heterocycles. The number of nitrogens with zero attached hydrogens (tertiary/aromatic N) is 1. The number of hydrogen-bond acceptors (Lipinski definition) is 4. The molecule has 0 aromatic carbocycles. The molecule has 0 saturated carbocycles. The molecule has 0 amide bonds. The normalized spacial score (nSPS) is 10.5. The van der Waals surface area contributed by atoms with Crippen LogP contribution in [0.4, 0.5) is 0 Å². The highest BCUT2D eigenvalue weighted by Crippen LogP contribution is 2.09. The Morgan fingerprint density at radius 1 is 1.47 bits per heavy atom. The Hall–Kier alpha value is -1.00. The van der Waals surface area contributed by atoms with Gasteiger partial charge in [0.15, 0.2) is 0 Å². The maximum Gasteiger partial charge on any atom is 0.0864 e. The molecular formula is C11H19N3S. The zero-order valence-electron chi connectivity index (χ0n) is 9.53. The van der Waals surface area contributed by atoms with Gasteiger partial charge in [-0.2, -0.15) is 0 Å². The van der Waals surface area contributed by atoms with Crippen LogP contribution in [0.25, 0.3) is 5.70 Å². The number of hydrogen-bond donors (Lipinski definition) is 2. The molecule has 0 bridgehead atoms. The summed E-state index contributed by atoms with van der Waals surface area (Å²) in [4.78, 5) is 4.21. The highest BCUT2D eigenvalue weighted by atomic mass is 32.2. The van der Waals surface area contributed by atoms with Crippen molar-refractivity contribution in [2.24, 2.45) is 10.9 Å². The van der Waals surface area contributed by atoms with Crippen LogP contribution in [0.15, 0.2) is 23.7 Å². The molecule has 4 N–H and O–H groups in total. The monoisotopic (exact) mass is 225 g/mol. The summed E-state index contributed by atoms with van der Waals surface area (Å²) in [6.07, 6.45) is 2.82. The number of rotatable bonds is 3. The van der Waals surface area contributed by atoms with Gasteiger partial charge < -0.3 is 5.73 Å². The molecule has 1 heterocycles. The molecule has 1 aromatic heterocycles. The molecular weight excluding hydrogens is 206 g/mol. The highest BCUT2D eigenvalue weighted by molar-refractivity contribution is 8.00. The Morgan fingerprint density at radius 3 is 2.53 bits per heavy atom. The van der Waals surface area contributed by atoms with Crippen LogP contribution in [0.1, 0.15) is 32.0 Å². The minimum atomic E-state index is 0.607. The van der Waals surface area contributed by atoms with Crippen molar-refractivity contribution in [2.45, 2.75) is 27.2 Å². The summed E-state index contributed by atoms with van der Waals surface area (Å²) in [6.45, 7) is 6.09. The van der Waals surface area contributed by atoms with Gasteiger partial charge in [-0.15, -0.1) is 0 Å². The third-order valence-corrected chi connectivity index (χ3v) is 2.11.